The van der Waals surface area contributed by atoms with Crippen LogP contribution in [0.3, 0.4) is 0 Å². The molecule has 0 fully saturated rings. The second kappa shape index (κ2) is 6.22. The van der Waals surface area contributed by atoms with Gasteiger partial charge < -0.3 is 9.67 Å². The molecule has 0 aromatic carbocycles. The molecule has 2 heterocycles. The van der Waals surface area contributed by atoms with Crippen LogP contribution in [0.5, 0.6) is 0 Å². The van der Waals surface area contributed by atoms with E-state index in [1.807, 2.05) is 17.6 Å². The summed E-state index contributed by atoms with van der Waals surface area (Å²) in [5, 5.41) is 8.79. The second-order valence-electron chi connectivity index (χ2n) is 5.20. The quantitative estimate of drug-likeness (QED) is 0.881. The molecule has 110 valence electrons. The van der Waals surface area contributed by atoms with E-state index >= 15 is 0 Å². The van der Waals surface area contributed by atoms with E-state index in [9.17, 15) is 9.59 Å². The van der Waals surface area contributed by atoms with Gasteiger partial charge in [0.25, 0.3) is 5.56 Å². The fourth-order valence-electron chi connectivity index (χ4n) is 2.87. The fourth-order valence-corrected chi connectivity index (χ4v) is 2.87. The highest BCUT2D eigenvalue weighted by molar-refractivity contribution is 5.67. The zero-order valence-corrected chi connectivity index (χ0v) is 12.2. The zero-order chi connectivity index (χ0) is 14.7. The number of carboxylic acids is 1. The van der Waals surface area contributed by atoms with Gasteiger partial charge in [0.15, 0.2) is 0 Å². The molecule has 0 atom stereocenters. The van der Waals surface area contributed by atoms with Gasteiger partial charge in [0.05, 0.1) is 0 Å². The molecule has 5 nitrogen and oxygen atoms in total. The Morgan fingerprint density at radius 3 is 2.70 bits per heavy atom. The molecule has 0 saturated carbocycles. The van der Waals surface area contributed by atoms with Crippen LogP contribution >= 0.6 is 0 Å². The van der Waals surface area contributed by atoms with Crippen molar-refractivity contribution in [3.8, 4) is 0 Å². The van der Waals surface area contributed by atoms with Gasteiger partial charge in [-0.25, -0.2) is 0 Å². The Labute approximate surface area is 118 Å². The Balaban J connectivity index is 2.40. The zero-order valence-electron chi connectivity index (χ0n) is 12.2. The summed E-state index contributed by atoms with van der Waals surface area (Å²) < 4.78 is 1.82. The standard InChI is InChI=1S/C15H22N2O3/c1-3-16-8-7-13-12(10-16)9-11(5-6-14(18)19)15(20)17(13)4-2/h9H,3-8,10H2,1-2H3,(H,18,19). The number of carboxylic acid groups (broad SMARTS) is 1. The van der Waals surface area contributed by atoms with Gasteiger partial charge in [-0.1, -0.05) is 6.92 Å². The van der Waals surface area contributed by atoms with Crippen molar-refractivity contribution >= 4 is 5.97 Å². The Morgan fingerprint density at radius 2 is 2.10 bits per heavy atom. The van der Waals surface area contributed by atoms with Gasteiger partial charge in [-0.05, 0) is 31.5 Å². The molecule has 1 aliphatic rings. The molecule has 0 amide bonds. The average Bonchev–Trinajstić information content (AvgIpc) is 2.44. The first kappa shape index (κ1) is 14.8. The Morgan fingerprint density at radius 1 is 1.35 bits per heavy atom. The van der Waals surface area contributed by atoms with Gasteiger partial charge in [-0.3, -0.25) is 14.5 Å². The normalized spacial score (nSPS) is 15.1. The molecule has 0 bridgehead atoms. The first-order valence-electron chi connectivity index (χ1n) is 7.25. The maximum atomic E-state index is 12.4. The third-order valence-corrected chi connectivity index (χ3v) is 4.00. The van der Waals surface area contributed by atoms with Crippen LogP contribution in [-0.2, 0) is 30.7 Å². The highest BCUT2D eigenvalue weighted by atomic mass is 16.4. The minimum atomic E-state index is -0.861. The highest BCUT2D eigenvalue weighted by Crippen LogP contribution is 2.19. The maximum Gasteiger partial charge on any atom is 0.303 e. The Bertz CT molecular complexity index is 563. The number of hydrogen-bond acceptors (Lipinski definition) is 3. The Kier molecular flexibility index (Phi) is 4.60. The number of nitrogens with zero attached hydrogens (tertiary/aromatic N) is 2. The van der Waals surface area contributed by atoms with Crippen molar-refractivity contribution in [2.75, 3.05) is 13.1 Å². The van der Waals surface area contributed by atoms with Gasteiger partial charge in [0, 0.05) is 43.7 Å². The molecule has 1 aromatic heterocycles. The predicted molar refractivity (Wildman–Crippen MR) is 77.0 cm³/mol. The van der Waals surface area contributed by atoms with E-state index in [1.165, 1.54) is 5.56 Å². The lowest BCUT2D eigenvalue weighted by Crippen LogP contribution is -2.36. The monoisotopic (exact) mass is 278 g/mol. The summed E-state index contributed by atoms with van der Waals surface area (Å²) in [6.07, 6.45) is 1.22. The van der Waals surface area contributed by atoms with Gasteiger partial charge in [0.1, 0.15) is 0 Å². The number of fused-ring (bicyclic) bond motifs is 1. The van der Waals surface area contributed by atoms with Crippen LogP contribution in [0.2, 0.25) is 0 Å². The van der Waals surface area contributed by atoms with Crippen molar-refractivity contribution in [1.82, 2.24) is 9.47 Å². The lowest BCUT2D eigenvalue weighted by molar-refractivity contribution is -0.136. The highest BCUT2D eigenvalue weighted by Gasteiger charge is 2.20. The molecule has 20 heavy (non-hydrogen) atoms. The lowest BCUT2D eigenvalue weighted by atomic mass is 10.0. The third kappa shape index (κ3) is 2.93. The minimum absolute atomic E-state index is 0.00916. The number of likely N-dealkylation sites (N-methyl/N-ethyl adjacent to an activating group) is 1. The topological polar surface area (TPSA) is 62.5 Å². The molecule has 1 aromatic rings. The van der Waals surface area contributed by atoms with Gasteiger partial charge in [-0.15, -0.1) is 0 Å². The number of aromatic nitrogens is 1. The number of pyridine rings is 1. The minimum Gasteiger partial charge on any atom is -0.481 e. The molecular formula is C15H22N2O3. The molecule has 0 radical (unpaired) electrons. The Hall–Kier alpha value is -1.62. The molecule has 0 spiro atoms. The van der Waals surface area contributed by atoms with Gasteiger partial charge in [0.2, 0.25) is 0 Å². The summed E-state index contributed by atoms with van der Waals surface area (Å²) >= 11 is 0. The van der Waals surface area contributed by atoms with E-state index in [1.54, 1.807) is 0 Å². The first-order chi connectivity index (χ1) is 9.56. The third-order valence-electron chi connectivity index (χ3n) is 4.00. The summed E-state index contributed by atoms with van der Waals surface area (Å²) in [6, 6.07) is 1.93. The molecule has 0 unspecified atom stereocenters. The smallest absolute Gasteiger partial charge is 0.303 e. The molecule has 5 heteroatoms. The number of aryl methyl sites for hydroxylation is 1. The number of rotatable bonds is 5. The van der Waals surface area contributed by atoms with Crippen molar-refractivity contribution in [2.24, 2.45) is 0 Å². The predicted octanol–water partition coefficient (Wildman–Crippen LogP) is 1.26. The van der Waals surface area contributed by atoms with Crippen LogP contribution in [-0.4, -0.2) is 33.6 Å². The van der Waals surface area contributed by atoms with Gasteiger partial charge in [-0.2, -0.15) is 0 Å². The van der Waals surface area contributed by atoms with Crippen molar-refractivity contribution in [1.29, 1.82) is 0 Å². The van der Waals surface area contributed by atoms with Crippen LogP contribution in [0.25, 0.3) is 0 Å². The van der Waals surface area contributed by atoms with E-state index in [4.69, 9.17) is 5.11 Å². The lowest BCUT2D eigenvalue weighted by Gasteiger charge is -2.30. The maximum absolute atomic E-state index is 12.4. The summed E-state index contributed by atoms with van der Waals surface area (Å²) in [7, 11) is 0. The molecule has 2 rings (SSSR count). The summed E-state index contributed by atoms with van der Waals surface area (Å²) in [5.41, 5.74) is 2.92. The van der Waals surface area contributed by atoms with Gasteiger partial charge >= 0.3 is 5.97 Å². The molecule has 0 saturated heterocycles. The van der Waals surface area contributed by atoms with Crippen LogP contribution in [0.1, 0.15) is 37.1 Å². The number of aliphatic carboxylic acids is 1. The van der Waals surface area contributed by atoms with E-state index in [0.29, 0.717) is 18.5 Å². The van der Waals surface area contributed by atoms with Crippen LogP contribution in [0.4, 0.5) is 0 Å². The second-order valence-corrected chi connectivity index (χ2v) is 5.20. The summed E-state index contributed by atoms with van der Waals surface area (Å²) in [6.45, 7) is 7.58. The largest absolute Gasteiger partial charge is 0.481 e. The molecule has 0 aliphatic carbocycles. The van der Waals surface area contributed by atoms with E-state index < -0.39 is 5.97 Å². The average molecular weight is 278 g/mol. The molecular weight excluding hydrogens is 256 g/mol. The first-order valence-corrected chi connectivity index (χ1v) is 7.25. The number of carbonyl (C=O) groups is 1. The van der Waals surface area contributed by atoms with E-state index in [-0.39, 0.29) is 12.0 Å². The van der Waals surface area contributed by atoms with Crippen molar-refractivity contribution in [3.63, 3.8) is 0 Å². The van der Waals surface area contributed by atoms with Crippen molar-refractivity contribution in [3.05, 3.63) is 33.2 Å². The van der Waals surface area contributed by atoms with E-state index in [2.05, 4.69) is 11.8 Å². The summed E-state index contributed by atoms with van der Waals surface area (Å²) in [5.74, 6) is -0.861. The van der Waals surface area contributed by atoms with E-state index in [0.717, 1.165) is 31.7 Å². The number of hydrogen-bond donors (Lipinski definition) is 1. The van der Waals surface area contributed by atoms with Crippen LogP contribution in [0, 0.1) is 0 Å². The fraction of sp³-hybridized carbons (Fsp3) is 0.600. The summed E-state index contributed by atoms with van der Waals surface area (Å²) in [4.78, 5) is 25.4. The van der Waals surface area contributed by atoms with Crippen molar-refractivity contribution in [2.45, 2.75) is 46.2 Å². The van der Waals surface area contributed by atoms with Crippen LogP contribution in [0.15, 0.2) is 10.9 Å². The molecule has 1 N–H and O–H groups in total. The van der Waals surface area contributed by atoms with Crippen molar-refractivity contribution < 1.29 is 9.90 Å². The van der Waals surface area contributed by atoms with Crippen LogP contribution < -0.4 is 5.56 Å². The SMILES string of the molecule is CCN1CCc2c(cc(CCC(=O)O)c(=O)n2CC)C1. The molecule has 1 aliphatic heterocycles.